The standard InChI is InChI=1S/C6H10O4.C5H6N2O2/c7-2-6-3-9-4(1-10-6)5(6)8;1-3-2-6-5(9)7-4(3)8/h4-5,7-8H,1-3H2;2H,1H3,(H2,6,7,8,9)/t4-,5+,6+;/m1./s1. The minimum absolute atomic E-state index is 0.162. The summed E-state index contributed by atoms with van der Waals surface area (Å²) in [6, 6.07) is 0. The highest BCUT2D eigenvalue weighted by Gasteiger charge is 2.55. The fourth-order valence-electron chi connectivity index (χ4n) is 1.94. The van der Waals surface area contributed by atoms with E-state index in [0.29, 0.717) is 18.8 Å². The molecule has 3 heterocycles. The smallest absolute Gasteiger partial charge is 0.325 e. The summed E-state index contributed by atoms with van der Waals surface area (Å²) < 4.78 is 10.3. The van der Waals surface area contributed by atoms with Gasteiger partial charge in [-0.2, -0.15) is 0 Å². The average molecular weight is 272 g/mol. The lowest BCUT2D eigenvalue weighted by atomic mass is 10.0. The molecular formula is C11H16N2O6. The molecule has 0 aromatic carbocycles. The largest absolute Gasteiger partial charge is 0.393 e. The lowest BCUT2D eigenvalue weighted by Crippen LogP contribution is -2.43. The van der Waals surface area contributed by atoms with Gasteiger partial charge in [0.25, 0.3) is 5.56 Å². The second-order valence-corrected chi connectivity index (χ2v) is 4.58. The zero-order valence-electron chi connectivity index (χ0n) is 10.4. The molecular weight excluding hydrogens is 256 g/mol. The van der Waals surface area contributed by atoms with E-state index in [1.807, 2.05) is 0 Å². The number of fused-ring (bicyclic) bond motifs is 2. The number of aliphatic hydroxyl groups excluding tert-OH is 2. The Hall–Kier alpha value is -1.48. The van der Waals surface area contributed by atoms with Gasteiger partial charge >= 0.3 is 5.69 Å². The maximum atomic E-state index is 10.6. The molecule has 0 saturated carbocycles. The van der Waals surface area contributed by atoms with Gasteiger partial charge in [-0.05, 0) is 6.92 Å². The summed E-state index contributed by atoms with van der Waals surface area (Å²) in [5.74, 6) is 0. The number of ether oxygens (including phenoxy) is 2. The van der Waals surface area contributed by atoms with Crippen LogP contribution in [0.2, 0.25) is 0 Å². The van der Waals surface area contributed by atoms with Crippen LogP contribution in [0.3, 0.4) is 0 Å². The van der Waals surface area contributed by atoms with Crippen LogP contribution in [-0.4, -0.2) is 57.8 Å². The Morgan fingerprint density at radius 1 is 1.53 bits per heavy atom. The first-order valence-electron chi connectivity index (χ1n) is 5.81. The number of nitrogens with one attached hydrogen (secondary N) is 2. The first-order valence-corrected chi connectivity index (χ1v) is 5.81. The number of aryl methyl sites for hydroxylation is 1. The Labute approximate surface area is 108 Å². The monoisotopic (exact) mass is 272 g/mol. The molecule has 3 atom stereocenters. The van der Waals surface area contributed by atoms with Crippen molar-refractivity contribution in [1.29, 1.82) is 0 Å². The van der Waals surface area contributed by atoms with E-state index < -0.39 is 17.4 Å². The van der Waals surface area contributed by atoms with Gasteiger partial charge in [-0.1, -0.05) is 0 Å². The van der Waals surface area contributed by atoms with Gasteiger partial charge in [0.05, 0.1) is 19.8 Å². The van der Waals surface area contributed by atoms with Crippen molar-refractivity contribution >= 4 is 0 Å². The number of H-pyrrole nitrogens is 2. The second kappa shape index (κ2) is 5.25. The van der Waals surface area contributed by atoms with Crippen molar-refractivity contribution in [3.05, 3.63) is 32.6 Å². The molecule has 0 unspecified atom stereocenters. The summed E-state index contributed by atoms with van der Waals surface area (Å²) in [6.07, 6.45) is 0.519. The van der Waals surface area contributed by atoms with E-state index in [1.54, 1.807) is 6.92 Å². The highest BCUT2D eigenvalue weighted by molar-refractivity contribution is 5.03. The third-order valence-electron chi connectivity index (χ3n) is 3.24. The molecule has 2 fully saturated rings. The van der Waals surface area contributed by atoms with Crippen LogP contribution < -0.4 is 11.2 Å². The van der Waals surface area contributed by atoms with Crippen LogP contribution in [0.1, 0.15) is 5.56 Å². The SMILES string of the molecule is Cc1c[nH]c(=O)[nH]c1=O.OC[C@@]12CO[C@H](CO1)[C@@H]2O. The Kier molecular flexibility index (Phi) is 3.85. The van der Waals surface area contributed by atoms with E-state index in [-0.39, 0.29) is 18.3 Å². The molecule has 0 spiro atoms. The van der Waals surface area contributed by atoms with E-state index in [2.05, 4.69) is 9.97 Å². The summed E-state index contributed by atoms with van der Waals surface area (Å²) in [4.78, 5) is 25.3. The van der Waals surface area contributed by atoms with Gasteiger partial charge in [0.2, 0.25) is 0 Å². The molecule has 8 nitrogen and oxygen atoms in total. The zero-order chi connectivity index (χ0) is 14.0. The highest BCUT2D eigenvalue weighted by Crippen LogP contribution is 2.34. The molecule has 1 aromatic heterocycles. The number of hydrogen-bond donors (Lipinski definition) is 4. The minimum atomic E-state index is -0.801. The lowest BCUT2D eigenvalue weighted by molar-refractivity contribution is -0.122. The van der Waals surface area contributed by atoms with E-state index >= 15 is 0 Å². The molecule has 0 aliphatic carbocycles. The molecule has 2 aliphatic rings. The van der Waals surface area contributed by atoms with Crippen LogP contribution in [0.4, 0.5) is 0 Å². The lowest BCUT2D eigenvalue weighted by Gasteiger charge is -2.23. The van der Waals surface area contributed by atoms with Crippen LogP contribution in [0, 0.1) is 6.92 Å². The van der Waals surface area contributed by atoms with Crippen LogP contribution in [0.25, 0.3) is 0 Å². The highest BCUT2D eigenvalue weighted by atomic mass is 16.6. The molecule has 0 amide bonds. The third-order valence-corrected chi connectivity index (χ3v) is 3.24. The topological polar surface area (TPSA) is 125 Å². The number of aromatic amines is 2. The quantitative estimate of drug-likeness (QED) is 0.463. The van der Waals surface area contributed by atoms with E-state index in [9.17, 15) is 14.7 Å². The van der Waals surface area contributed by atoms with Gasteiger partial charge in [0.1, 0.15) is 17.8 Å². The van der Waals surface area contributed by atoms with Crippen molar-refractivity contribution in [3.63, 3.8) is 0 Å². The summed E-state index contributed by atoms with van der Waals surface area (Å²) in [6.45, 7) is 2.18. The average Bonchev–Trinajstić information content (AvgIpc) is 2.89. The molecule has 3 rings (SSSR count). The van der Waals surface area contributed by atoms with Crippen molar-refractivity contribution in [1.82, 2.24) is 9.97 Å². The summed E-state index contributed by atoms with van der Waals surface area (Å²) in [5.41, 5.74) is -1.09. The zero-order valence-corrected chi connectivity index (χ0v) is 10.4. The van der Waals surface area contributed by atoms with Gasteiger partial charge in [-0.25, -0.2) is 4.79 Å². The van der Waals surface area contributed by atoms with Gasteiger partial charge in [0, 0.05) is 11.8 Å². The Morgan fingerprint density at radius 3 is 2.58 bits per heavy atom. The van der Waals surface area contributed by atoms with Crippen LogP contribution in [-0.2, 0) is 9.47 Å². The van der Waals surface area contributed by atoms with Crippen molar-refractivity contribution in [2.24, 2.45) is 0 Å². The molecule has 4 N–H and O–H groups in total. The maximum absolute atomic E-state index is 10.6. The molecule has 19 heavy (non-hydrogen) atoms. The van der Waals surface area contributed by atoms with Crippen LogP contribution >= 0.6 is 0 Å². The molecule has 1 aromatic rings. The van der Waals surface area contributed by atoms with Crippen molar-refractivity contribution < 1.29 is 19.7 Å². The molecule has 2 bridgehead atoms. The Bertz CT molecular complexity index is 543. The van der Waals surface area contributed by atoms with Gasteiger partial charge in [0.15, 0.2) is 0 Å². The van der Waals surface area contributed by atoms with E-state index in [4.69, 9.17) is 14.6 Å². The normalized spacial score (nSPS) is 31.9. The van der Waals surface area contributed by atoms with Gasteiger partial charge in [-0.15, -0.1) is 0 Å². The summed E-state index contributed by atoms with van der Waals surface area (Å²) >= 11 is 0. The minimum Gasteiger partial charge on any atom is -0.393 e. The third kappa shape index (κ3) is 2.61. The van der Waals surface area contributed by atoms with E-state index in [0.717, 1.165) is 0 Å². The van der Waals surface area contributed by atoms with Crippen LogP contribution in [0.5, 0.6) is 0 Å². The van der Waals surface area contributed by atoms with Gasteiger partial charge < -0.3 is 24.7 Å². The van der Waals surface area contributed by atoms with Crippen LogP contribution in [0.15, 0.2) is 15.8 Å². The van der Waals surface area contributed by atoms with Crippen molar-refractivity contribution in [2.45, 2.75) is 24.7 Å². The number of rotatable bonds is 1. The predicted octanol–water partition coefficient (Wildman–Crippen LogP) is -2.12. The summed E-state index contributed by atoms with van der Waals surface area (Å²) in [5, 5.41) is 18.2. The molecule has 106 valence electrons. The van der Waals surface area contributed by atoms with Crippen molar-refractivity contribution in [3.8, 4) is 0 Å². The maximum Gasteiger partial charge on any atom is 0.325 e. The second-order valence-electron chi connectivity index (χ2n) is 4.58. The Morgan fingerprint density at radius 2 is 2.26 bits per heavy atom. The summed E-state index contributed by atoms with van der Waals surface area (Å²) in [7, 11) is 0. The first kappa shape index (κ1) is 13.9. The Balaban J connectivity index is 0.000000141. The van der Waals surface area contributed by atoms with Gasteiger partial charge in [-0.3, -0.25) is 9.78 Å². The molecule has 0 radical (unpaired) electrons. The fraction of sp³-hybridized carbons (Fsp3) is 0.636. The van der Waals surface area contributed by atoms with E-state index in [1.165, 1.54) is 6.20 Å². The number of hydrogen-bond acceptors (Lipinski definition) is 6. The number of aliphatic hydroxyl groups is 2. The van der Waals surface area contributed by atoms with Crippen molar-refractivity contribution in [2.75, 3.05) is 19.8 Å². The molecule has 2 saturated heterocycles. The molecule has 8 heteroatoms. The fourth-order valence-corrected chi connectivity index (χ4v) is 1.94. The first-order chi connectivity index (χ1) is 8.98. The predicted molar refractivity (Wildman–Crippen MR) is 63.9 cm³/mol. The molecule has 2 aliphatic heterocycles. The number of aromatic nitrogens is 2.